The molecule has 0 spiro atoms. The Kier molecular flexibility index (Phi) is 3.85. The Morgan fingerprint density at radius 3 is 2.35 bits per heavy atom. The second kappa shape index (κ2) is 5.19. The van der Waals surface area contributed by atoms with Gasteiger partial charge in [0.25, 0.3) is 0 Å². The van der Waals surface area contributed by atoms with Crippen LogP contribution in [-0.2, 0) is 10.2 Å². The molecule has 2 nitrogen and oxygen atoms in total. The fraction of sp³-hybridized carbons (Fsp3) is 0.600. The van der Waals surface area contributed by atoms with Gasteiger partial charge in [-0.1, -0.05) is 38.1 Å². The summed E-state index contributed by atoms with van der Waals surface area (Å²) in [4.78, 5) is 0. The lowest BCUT2D eigenvalue weighted by Gasteiger charge is -2.42. The first-order chi connectivity index (χ1) is 8.22. The number of nitrogens with two attached hydrogens (primary N) is 1. The number of hydrogen-bond donors (Lipinski definition) is 1. The summed E-state index contributed by atoms with van der Waals surface area (Å²) in [5.74, 6) is 0.646. The third-order valence-electron chi connectivity index (χ3n) is 4.08. The van der Waals surface area contributed by atoms with Crippen LogP contribution in [0.3, 0.4) is 0 Å². The molecule has 2 rings (SSSR count). The van der Waals surface area contributed by atoms with E-state index in [1.807, 2.05) is 0 Å². The van der Waals surface area contributed by atoms with Gasteiger partial charge >= 0.3 is 0 Å². The standard InChI is InChI=1S/C15H23NO/c1-3-12(2)13-4-6-14(7-5-13)15(8-9-16)10-17-11-15/h4-7,12H,3,8-11,16H2,1-2H3. The second-order valence-corrected chi connectivity index (χ2v) is 5.24. The monoisotopic (exact) mass is 233 g/mol. The van der Waals surface area contributed by atoms with Crippen molar-refractivity contribution in [2.24, 2.45) is 5.73 Å². The summed E-state index contributed by atoms with van der Waals surface area (Å²) in [5.41, 5.74) is 8.72. The maximum absolute atomic E-state index is 5.71. The van der Waals surface area contributed by atoms with Gasteiger partial charge in [0.15, 0.2) is 0 Å². The highest BCUT2D eigenvalue weighted by atomic mass is 16.5. The second-order valence-electron chi connectivity index (χ2n) is 5.24. The maximum Gasteiger partial charge on any atom is 0.0586 e. The summed E-state index contributed by atoms with van der Waals surface area (Å²) in [6.45, 7) is 6.89. The van der Waals surface area contributed by atoms with Gasteiger partial charge in [0.1, 0.15) is 0 Å². The van der Waals surface area contributed by atoms with Gasteiger partial charge in [-0.2, -0.15) is 0 Å². The van der Waals surface area contributed by atoms with Crippen LogP contribution in [0.15, 0.2) is 24.3 Å². The summed E-state index contributed by atoms with van der Waals surface area (Å²) in [6, 6.07) is 9.06. The van der Waals surface area contributed by atoms with E-state index in [1.54, 1.807) is 0 Å². The van der Waals surface area contributed by atoms with Crippen molar-refractivity contribution < 1.29 is 4.74 Å². The maximum atomic E-state index is 5.71. The van der Waals surface area contributed by atoms with E-state index in [4.69, 9.17) is 10.5 Å². The zero-order valence-corrected chi connectivity index (χ0v) is 10.9. The molecule has 1 aliphatic rings. The van der Waals surface area contributed by atoms with Crippen LogP contribution in [-0.4, -0.2) is 19.8 Å². The molecule has 0 aromatic heterocycles. The van der Waals surface area contributed by atoms with Crippen LogP contribution in [0.1, 0.15) is 43.7 Å². The van der Waals surface area contributed by atoms with Crippen molar-refractivity contribution in [3.63, 3.8) is 0 Å². The summed E-state index contributed by atoms with van der Waals surface area (Å²) < 4.78 is 5.39. The molecule has 2 N–H and O–H groups in total. The van der Waals surface area contributed by atoms with E-state index in [0.717, 1.165) is 26.2 Å². The van der Waals surface area contributed by atoms with Crippen LogP contribution in [0.5, 0.6) is 0 Å². The Morgan fingerprint density at radius 1 is 1.29 bits per heavy atom. The molecule has 1 atom stereocenters. The lowest BCUT2D eigenvalue weighted by atomic mass is 9.75. The molecule has 1 aromatic carbocycles. The smallest absolute Gasteiger partial charge is 0.0586 e. The van der Waals surface area contributed by atoms with Crippen LogP contribution in [0.2, 0.25) is 0 Å². The Bertz CT molecular complexity index is 354. The van der Waals surface area contributed by atoms with Crippen LogP contribution < -0.4 is 5.73 Å². The van der Waals surface area contributed by atoms with Crippen molar-refractivity contribution in [2.45, 2.75) is 38.0 Å². The molecule has 17 heavy (non-hydrogen) atoms. The molecule has 1 saturated heterocycles. The predicted molar refractivity (Wildman–Crippen MR) is 71.3 cm³/mol. The molecule has 0 aliphatic carbocycles. The van der Waals surface area contributed by atoms with Gasteiger partial charge < -0.3 is 10.5 Å². The van der Waals surface area contributed by atoms with E-state index in [2.05, 4.69) is 38.1 Å². The lowest BCUT2D eigenvalue weighted by molar-refractivity contribution is -0.0631. The topological polar surface area (TPSA) is 35.2 Å². The first-order valence-corrected chi connectivity index (χ1v) is 6.60. The van der Waals surface area contributed by atoms with Crippen LogP contribution in [0.25, 0.3) is 0 Å². The van der Waals surface area contributed by atoms with E-state index >= 15 is 0 Å². The third kappa shape index (κ3) is 2.38. The summed E-state index contributed by atoms with van der Waals surface area (Å²) in [5, 5.41) is 0. The highest BCUT2D eigenvalue weighted by Gasteiger charge is 2.39. The van der Waals surface area contributed by atoms with Gasteiger partial charge in [-0.15, -0.1) is 0 Å². The van der Waals surface area contributed by atoms with Crippen LogP contribution in [0.4, 0.5) is 0 Å². The van der Waals surface area contributed by atoms with Gasteiger partial charge in [-0.05, 0) is 36.4 Å². The van der Waals surface area contributed by atoms with Crippen molar-refractivity contribution in [3.05, 3.63) is 35.4 Å². The Morgan fingerprint density at radius 2 is 1.94 bits per heavy atom. The summed E-state index contributed by atoms with van der Waals surface area (Å²) >= 11 is 0. The van der Waals surface area contributed by atoms with Crippen molar-refractivity contribution >= 4 is 0 Å². The third-order valence-corrected chi connectivity index (χ3v) is 4.08. The number of ether oxygens (including phenoxy) is 1. The summed E-state index contributed by atoms with van der Waals surface area (Å²) in [7, 11) is 0. The first-order valence-electron chi connectivity index (χ1n) is 6.60. The molecular weight excluding hydrogens is 210 g/mol. The molecule has 1 aliphatic heterocycles. The fourth-order valence-electron chi connectivity index (χ4n) is 2.48. The van der Waals surface area contributed by atoms with Gasteiger partial charge in [0.05, 0.1) is 13.2 Å². The molecular formula is C15H23NO. The van der Waals surface area contributed by atoms with Crippen molar-refractivity contribution in [3.8, 4) is 0 Å². The van der Waals surface area contributed by atoms with E-state index in [1.165, 1.54) is 17.5 Å². The molecule has 0 bridgehead atoms. The molecule has 94 valence electrons. The SMILES string of the molecule is CCC(C)c1ccc(C2(CCN)COC2)cc1. The van der Waals surface area contributed by atoms with Gasteiger partial charge in [0, 0.05) is 5.41 Å². The van der Waals surface area contributed by atoms with Gasteiger partial charge in [-0.25, -0.2) is 0 Å². The molecule has 1 fully saturated rings. The number of rotatable bonds is 5. The minimum Gasteiger partial charge on any atom is -0.379 e. The van der Waals surface area contributed by atoms with Crippen molar-refractivity contribution in [2.75, 3.05) is 19.8 Å². The average Bonchev–Trinajstić information content (AvgIpc) is 2.33. The predicted octanol–water partition coefficient (Wildman–Crippen LogP) is 2.82. The Labute approximate surface area is 104 Å². The molecule has 1 heterocycles. The molecule has 1 unspecified atom stereocenters. The van der Waals surface area contributed by atoms with E-state index in [0.29, 0.717) is 5.92 Å². The van der Waals surface area contributed by atoms with Gasteiger partial charge in [-0.3, -0.25) is 0 Å². The average molecular weight is 233 g/mol. The molecule has 0 radical (unpaired) electrons. The van der Waals surface area contributed by atoms with Crippen molar-refractivity contribution in [1.29, 1.82) is 0 Å². The zero-order valence-electron chi connectivity index (χ0n) is 10.9. The minimum atomic E-state index is 0.197. The van der Waals surface area contributed by atoms with E-state index in [9.17, 15) is 0 Å². The molecule has 1 aromatic rings. The van der Waals surface area contributed by atoms with Crippen molar-refractivity contribution in [1.82, 2.24) is 0 Å². The summed E-state index contributed by atoms with van der Waals surface area (Å²) in [6.07, 6.45) is 2.21. The first kappa shape index (κ1) is 12.6. The normalized spacial score (nSPS) is 19.7. The van der Waals surface area contributed by atoms with E-state index in [-0.39, 0.29) is 5.41 Å². The highest BCUT2D eigenvalue weighted by Crippen LogP contribution is 2.36. The van der Waals surface area contributed by atoms with Crippen LogP contribution in [0, 0.1) is 0 Å². The highest BCUT2D eigenvalue weighted by molar-refractivity contribution is 5.32. The zero-order chi connectivity index (χ0) is 12.3. The quantitative estimate of drug-likeness (QED) is 0.848. The molecule has 0 amide bonds. The largest absolute Gasteiger partial charge is 0.379 e. The number of benzene rings is 1. The van der Waals surface area contributed by atoms with E-state index < -0.39 is 0 Å². The lowest BCUT2D eigenvalue weighted by Crippen LogP contribution is -2.48. The Hall–Kier alpha value is -0.860. The van der Waals surface area contributed by atoms with Gasteiger partial charge in [0.2, 0.25) is 0 Å². The Balaban J connectivity index is 2.16. The molecule has 0 saturated carbocycles. The fourth-order valence-corrected chi connectivity index (χ4v) is 2.48. The molecule has 2 heteroatoms. The number of hydrogen-bond acceptors (Lipinski definition) is 2. The van der Waals surface area contributed by atoms with Crippen LogP contribution >= 0.6 is 0 Å². The minimum absolute atomic E-state index is 0.197.